The van der Waals surface area contributed by atoms with Gasteiger partial charge in [0.05, 0.1) is 25.6 Å². The molecule has 5 rings (SSSR count). The van der Waals surface area contributed by atoms with Gasteiger partial charge < -0.3 is 14.8 Å². The number of nitrogens with zero attached hydrogens (tertiary/aromatic N) is 3. The van der Waals surface area contributed by atoms with E-state index in [1.165, 1.54) is 11.3 Å². The summed E-state index contributed by atoms with van der Waals surface area (Å²) < 4.78 is 12.4. The average molecular weight is 471 g/mol. The van der Waals surface area contributed by atoms with Crippen LogP contribution in [-0.2, 0) is 0 Å². The molecule has 0 aliphatic rings. The summed E-state index contributed by atoms with van der Waals surface area (Å²) in [7, 11) is 3.21. The normalized spacial score (nSPS) is 10.9. The van der Waals surface area contributed by atoms with Crippen LogP contribution in [0.1, 0.15) is 16.1 Å². The number of ether oxygens (including phenoxy) is 2. The fourth-order valence-corrected chi connectivity index (χ4v) is 4.54. The summed E-state index contributed by atoms with van der Waals surface area (Å²) in [6.45, 7) is 1.88. The maximum atomic E-state index is 13.0. The standard InChI is InChI=1S/C26H22N4O3S/c1-16-12-24(28-25(31)20-9-8-17-6-4-5-7-18(17)13-20)30(29-16)26-27-21(15-34-26)19-10-11-22(32-2)23(14-19)33-3/h4-15H,1-3H3,(H,28,31). The first-order valence-electron chi connectivity index (χ1n) is 10.6. The Bertz CT molecular complexity index is 1510. The lowest BCUT2D eigenvalue weighted by atomic mass is 10.1. The second-order valence-corrected chi connectivity index (χ2v) is 8.52. The first-order chi connectivity index (χ1) is 16.6. The van der Waals surface area contributed by atoms with Crippen LogP contribution in [0.4, 0.5) is 5.82 Å². The van der Waals surface area contributed by atoms with E-state index >= 15 is 0 Å². The summed E-state index contributed by atoms with van der Waals surface area (Å²) in [6.07, 6.45) is 0. The Hall–Kier alpha value is -4.17. The zero-order chi connectivity index (χ0) is 23.7. The lowest BCUT2D eigenvalue weighted by Crippen LogP contribution is -2.15. The Kier molecular flexibility index (Phi) is 5.73. The van der Waals surface area contributed by atoms with Gasteiger partial charge in [-0.3, -0.25) is 4.79 Å². The van der Waals surface area contributed by atoms with Crippen molar-refractivity contribution in [1.82, 2.24) is 14.8 Å². The van der Waals surface area contributed by atoms with E-state index in [-0.39, 0.29) is 5.91 Å². The molecule has 0 radical (unpaired) electrons. The van der Waals surface area contributed by atoms with Crippen LogP contribution in [0.5, 0.6) is 11.5 Å². The smallest absolute Gasteiger partial charge is 0.256 e. The van der Waals surface area contributed by atoms with Gasteiger partial charge in [-0.25, -0.2) is 4.98 Å². The molecular formula is C26H22N4O3S. The molecule has 0 saturated heterocycles. The highest BCUT2D eigenvalue weighted by atomic mass is 32.1. The number of thiazole rings is 1. The molecule has 0 saturated carbocycles. The molecule has 7 nitrogen and oxygen atoms in total. The van der Waals surface area contributed by atoms with Crippen LogP contribution >= 0.6 is 11.3 Å². The van der Waals surface area contributed by atoms with Gasteiger partial charge in [0, 0.05) is 22.6 Å². The fraction of sp³-hybridized carbons (Fsp3) is 0.115. The predicted molar refractivity (Wildman–Crippen MR) is 134 cm³/mol. The SMILES string of the molecule is COc1ccc(-c2csc(-n3nc(C)cc3NC(=O)c3ccc4ccccc4c3)n2)cc1OC. The quantitative estimate of drug-likeness (QED) is 0.343. The molecule has 1 amide bonds. The van der Waals surface area contributed by atoms with Crippen LogP contribution < -0.4 is 14.8 Å². The van der Waals surface area contributed by atoms with Gasteiger partial charge in [-0.1, -0.05) is 30.3 Å². The molecule has 8 heteroatoms. The molecule has 2 heterocycles. The van der Waals surface area contributed by atoms with Crippen LogP contribution in [0.25, 0.3) is 27.2 Å². The van der Waals surface area contributed by atoms with Crippen molar-refractivity contribution in [2.45, 2.75) is 6.92 Å². The van der Waals surface area contributed by atoms with Crippen molar-refractivity contribution in [3.8, 4) is 27.9 Å². The third-order valence-corrected chi connectivity index (χ3v) is 6.25. The van der Waals surface area contributed by atoms with Gasteiger partial charge in [-0.2, -0.15) is 9.78 Å². The molecule has 0 aliphatic carbocycles. The summed E-state index contributed by atoms with van der Waals surface area (Å²) in [5.41, 5.74) is 3.03. The molecule has 0 atom stereocenters. The lowest BCUT2D eigenvalue weighted by molar-refractivity contribution is 0.102. The first kappa shape index (κ1) is 21.7. The fourth-order valence-electron chi connectivity index (χ4n) is 3.74. The number of fused-ring (bicyclic) bond motifs is 1. The highest BCUT2D eigenvalue weighted by Gasteiger charge is 2.16. The number of anilines is 1. The molecule has 34 heavy (non-hydrogen) atoms. The topological polar surface area (TPSA) is 78.3 Å². The van der Waals surface area contributed by atoms with Gasteiger partial charge >= 0.3 is 0 Å². The second-order valence-electron chi connectivity index (χ2n) is 7.68. The number of hydrogen-bond acceptors (Lipinski definition) is 6. The van der Waals surface area contributed by atoms with E-state index in [0.29, 0.717) is 28.0 Å². The molecule has 0 fully saturated rings. The van der Waals surface area contributed by atoms with E-state index in [9.17, 15) is 4.79 Å². The van der Waals surface area contributed by atoms with E-state index in [1.54, 1.807) is 18.9 Å². The van der Waals surface area contributed by atoms with Gasteiger partial charge in [0.2, 0.25) is 5.13 Å². The van der Waals surface area contributed by atoms with Crippen molar-refractivity contribution in [3.05, 3.63) is 83.4 Å². The van der Waals surface area contributed by atoms with Crippen LogP contribution in [-0.4, -0.2) is 34.9 Å². The van der Waals surface area contributed by atoms with Crippen LogP contribution in [0, 0.1) is 6.92 Å². The highest BCUT2D eigenvalue weighted by Crippen LogP contribution is 2.33. The average Bonchev–Trinajstić information content (AvgIpc) is 3.49. The van der Waals surface area contributed by atoms with Crippen molar-refractivity contribution < 1.29 is 14.3 Å². The molecular weight excluding hydrogens is 448 g/mol. The monoisotopic (exact) mass is 470 g/mol. The van der Waals surface area contributed by atoms with Gasteiger partial charge in [0.15, 0.2) is 11.5 Å². The number of amides is 1. The van der Waals surface area contributed by atoms with Crippen molar-refractivity contribution >= 4 is 33.8 Å². The maximum absolute atomic E-state index is 13.0. The van der Waals surface area contributed by atoms with Crippen molar-refractivity contribution in [2.75, 3.05) is 19.5 Å². The van der Waals surface area contributed by atoms with Crippen molar-refractivity contribution in [1.29, 1.82) is 0 Å². The number of carbonyl (C=O) groups is 1. The Labute approximate surface area is 200 Å². The molecule has 5 aromatic rings. The Morgan fingerprint density at radius 3 is 2.53 bits per heavy atom. The van der Waals surface area contributed by atoms with Crippen LogP contribution in [0.2, 0.25) is 0 Å². The minimum atomic E-state index is -0.205. The number of aryl methyl sites for hydroxylation is 1. The van der Waals surface area contributed by atoms with Crippen LogP contribution in [0.3, 0.4) is 0 Å². The minimum Gasteiger partial charge on any atom is -0.493 e. The zero-order valence-corrected chi connectivity index (χ0v) is 19.7. The number of methoxy groups -OCH3 is 2. The van der Waals surface area contributed by atoms with E-state index in [2.05, 4.69) is 10.4 Å². The minimum absolute atomic E-state index is 0.205. The maximum Gasteiger partial charge on any atom is 0.256 e. The molecule has 2 aromatic heterocycles. The third-order valence-electron chi connectivity index (χ3n) is 5.44. The Morgan fingerprint density at radius 2 is 1.74 bits per heavy atom. The lowest BCUT2D eigenvalue weighted by Gasteiger charge is -2.08. The summed E-state index contributed by atoms with van der Waals surface area (Å²) in [5.74, 6) is 1.64. The van der Waals surface area contributed by atoms with Gasteiger partial charge in [-0.05, 0) is 48.0 Å². The Balaban J connectivity index is 1.43. The van der Waals surface area contributed by atoms with Crippen LogP contribution in [0.15, 0.2) is 72.1 Å². The summed E-state index contributed by atoms with van der Waals surface area (Å²) >= 11 is 1.44. The summed E-state index contributed by atoms with van der Waals surface area (Å²) in [4.78, 5) is 17.8. The van der Waals surface area contributed by atoms with Gasteiger partial charge in [0.1, 0.15) is 5.82 Å². The Morgan fingerprint density at radius 1 is 0.941 bits per heavy atom. The number of benzene rings is 3. The van der Waals surface area contributed by atoms with E-state index in [4.69, 9.17) is 14.5 Å². The van der Waals surface area contributed by atoms with Crippen molar-refractivity contribution in [2.24, 2.45) is 0 Å². The third kappa shape index (κ3) is 4.11. The molecule has 1 N–H and O–H groups in total. The number of rotatable bonds is 6. The molecule has 0 bridgehead atoms. The first-order valence-corrected chi connectivity index (χ1v) is 11.5. The van der Waals surface area contributed by atoms with E-state index < -0.39 is 0 Å². The molecule has 0 unspecified atom stereocenters. The largest absolute Gasteiger partial charge is 0.493 e. The predicted octanol–water partition coefficient (Wildman–Crippen LogP) is 5.73. The molecule has 0 spiro atoms. The van der Waals surface area contributed by atoms with E-state index in [1.807, 2.05) is 79.0 Å². The number of carbonyl (C=O) groups excluding carboxylic acids is 1. The number of aromatic nitrogens is 3. The summed E-state index contributed by atoms with van der Waals surface area (Å²) in [6, 6.07) is 21.1. The van der Waals surface area contributed by atoms with Gasteiger partial charge in [-0.15, -0.1) is 11.3 Å². The molecule has 0 aliphatic heterocycles. The van der Waals surface area contributed by atoms with E-state index in [0.717, 1.165) is 27.7 Å². The van der Waals surface area contributed by atoms with Crippen molar-refractivity contribution in [3.63, 3.8) is 0 Å². The number of hydrogen-bond donors (Lipinski definition) is 1. The number of nitrogens with one attached hydrogen (secondary N) is 1. The molecule has 170 valence electrons. The highest BCUT2D eigenvalue weighted by molar-refractivity contribution is 7.12. The van der Waals surface area contributed by atoms with Gasteiger partial charge in [0.25, 0.3) is 5.91 Å². The second kappa shape index (κ2) is 8.99. The molecule has 3 aromatic carbocycles. The zero-order valence-electron chi connectivity index (χ0n) is 18.9. The summed E-state index contributed by atoms with van der Waals surface area (Å²) in [5, 5.41) is 12.2.